The molecule has 1 heterocycles. The third-order valence-electron chi connectivity index (χ3n) is 5.60. The fraction of sp³-hybridized carbons (Fsp3) is 0.524. The summed E-state index contributed by atoms with van der Waals surface area (Å²) in [7, 11) is 0. The SMILES string of the molecule is Cc1cc(F)cc(C[C@H](N)[C@H](O)CNC2(c3cc(Br)sc3Br)CCCCC2)c1. The molecule has 1 fully saturated rings. The van der Waals surface area contributed by atoms with Crippen molar-refractivity contribution in [3.05, 3.63) is 54.3 Å². The minimum atomic E-state index is -0.705. The first-order chi connectivity index (χ1) is 13.3. The standard InChI is InChI=1S/C21H27Br2FN2OS/c1-13-7-14(9-15(24)8-13)10-17(25)18(27)12-26-21(5-3-2-4-6-21)16-11-19(22)28-20(16)23/h7-9,11,17-18,26-27H,2-6,10,12,25H2,1H3/t17-,18+/m0/s1. The van der Waals surface area contributed by atoms with Crippen molar-refractivity contribution in [2.45, 2.75) is 63.1 Å². The van der Waals surface area contributed by atoms with Crippen LogP contribution in [0.3, 0.4) is 0 Å². The first kappa shape index (κ1) is 22.4. The van der Waals surface area contributed by atoms with Crippen molar-refractivity contribution < 1.29 is 9.50 Å². The number of thiophene rings is 1. The van der Waals surface area contributed by atoms with Gasteiger partial charge in [-0.1, -0.05) is 25.3 Å². The Labute approximate surface area is 187 Å². The van der Waals surface area contributed by atoms with E-state index in [1.807, 2.05) is 13.0 Å². The Morgan fingerprint density at radius 2 is 1.93 bits per heavy atom. The molecule has 1 aromatic carbocycles. The van der Waals surface area contributed by atoms with E-state index in [1.165, 1.54) is 24.1 Å². The molecule has 0 unspecified atom stereocenters. The van der Waals surface area contributed by atoms with Crippen LogP contribution < -0.4 is 11.1 Å². The number of hydrogen-bond donors (Lipinski definition) is 3. The predicted molar refractivity (Wildman–Crippen MR) is 121 cm³/mol. The van der Waals surface area contributed by atoms with Crippen molar-refractivity contribution in [1.82, 2.24) is 5.32 Å². The molecule has 0 amide bonds. The lowest BCUT2D eigenvalue weighted by Gasteiger charge is -2.39. The zero-order chi connectivity index (χ0) is 20.3. The molecular formula is C21H27Br2FN2OS. The van der Waals surface area contributed by atoms with Crippen molar-refractivity contribution in [3.63, 3.8) is 0 Å². The molecule has 0 saturated heterocycles. The Bertz CT molecular complexity index is 787. The summed E-state index contributed by atoms with van der Waals surface area (Å²) >= 11 is 8.97. The lowest BCUT2D eigenvalue weighted by atomic mass is 9.77. The van der Waals surface area contributed by atoms with E-state index in [2.05, 4.69) is 43.2 Å². The number of aryl methyl sites for hydroxylation is 1. The largest absolute Gasteiger partial charge is 0.390 e. The Kier molecular flexibility index (Phi) is 7.72. The van der Waals surface area contributed by atoms with Gasteiger partial charge in [0, 0.05) is 18.1 Å². The summed E-state index contributed by atoms with van der Waals surface area (Å²) < 4.78 is 15.9. The van der Waals surface area contributed by atoms with Gasteiger partial charge in [-0.25, -0.2) is 4.39 Å². The van der Waals surface area contributed by atoms with Crippen molar-refractivity contribution in [1.29, 1.82) is 0 Å². The summed E-state index contributed by atoms with van der Waals surface area (Å²) in [6, 6.07) is 6.64. The summed E-state index contributed by atoms with van der Waals surface area (Å²) in [5.41, 5.74) is 9.05. The summed E-state index contributed by atoms with van der Waals surface area (Å²) in [4.78, 5) is 0. The number of hydrogen-bond acceptors (Lipinski definition) is 4. The van der Waals surface area contributed by atoms with E-state index < -0.39 is 12.1 Å². The number of nitrogens with two attached hydrogens (primary N) is 1. The minimum absolute atomic E-state index is 0.143. The molecule has 154 valence electrons. The molecule has 1 saturated carbocycles. The molecule has 1 aliphatic rings. The monoisotopic (exact) mass is 532 g/mol. The van der Waals surface area contributed by atoms with Gasteiger partial charge in [0.15, 0.2) is 0 Å². The molecule has 7 heteroatoms. The number of benzene rings is 1. The van der Waals surface area contributed by atoms with Crippen molar-refractivity contribution in [2.24, 2.45) is 5.73 Å². The van der Waals surface area contributed by atoms with E-state index in [0.29, 0.717) is 13.0 Å². The molecule has 1 aromatic heterocycles. The molecule has 0 radical (unpaired) electrons. The van der Waals surface area contributed by atoms with E-state index in [1.54, 1.807) is 11.3 Å². The van der Waals surface area contributed by atoms with Crippen LogP contribution in [0.5, 0.6) is 0 Å². The second kappa shape index (κ2) is 9.67. The third-order valence-corrected chi connectivity index (χ3v) is 7.94. The summed E-state index contributed by atoms with van der Waals surface area (Å²) in [5.74, 6) is -0.260. The van der Waals surface area contributed by atoms with Gasteiger partial charge in [-0.3, -0.25) is 0 Å². The Morgan fingerprint density at radius 3 is 2.54 bits per heavy atom. The molecular weight excluding hydrogens is 507 g/mol. The Hall–Kier alpha value is -0.310. The highest BCUT2D eigenvalue weighted by atomic mass is 79.9. The average molecular weight is 534 g/mol. The highest BCUT2D eigenvalue weighted by molar-refractivity contribution is 9.12. The quantitative estimate of drug-likeness (QED) is 0.446. The van der Waals surface area contributed by atoms with Crippen LogP contribution in [0, 0.1) is 12.7 Å². The molecule has 1 aliphatic carbocycles. The number of aliphatic hydroxyl groups is 1. The smallest absolute Gasteiger partial charge is 0.123 e. The maximum absolute atomic E-state index is 13.6. The maximum atomic E-state index is 13.6. The van der Waals surface area contributed by atoms with Gasteiger partial charge in [-0.05, 0) is 92.9 Å². The number of rotatable bonds is 7. The summed E-state index contributed by atoms with van der Waals surface area (Å²) in [6.07, 6.45) is 5.40. The molecule has 3 rings (SSSR count). The Morgan fingerprint density at radius 1 is 1.21 bits per heavy atom. The zero-order valence-electron chi connectivity index (χ0n) is 16.0. The van der Waals surface area contributed by atoms with Gasteiger partial charge in [-0.2, -0.15) is 0 Å². The lowest BCUT2D eigenvalue weighted by molar-refractivity contribution is 0.116. The van der Waals surface area contributed by atoms with Gasteiger partial charge in [-0.15, -0.1) is 11.3 Å². The highest BCUT2D eigenvalue weighted by Crippen LogP contribution is 2.44. The van der Waals surface area contributed by atoms with Gasteiger partial charge in [0.1, 0.15) is 5.82 Å². The van der Waals surface area contributed by atoms with E-state index >= 15 is 0 Å². The van der Waals surface area contributed by atoms with Crippen molar-refractivity contribution >= 4 is 43.2 Å². The van der Waals surface area contributed by atoms with Gasteiger partial charge in [0.2, 0.25) is 0 Å². The van der Waals surface area contributed by atoms with Gasteiger partial charge in [0.25, 0.3) is 0 Å². The first-order valence-electron chi connectivity index (χ1n) is 9.69. The van der Waals surface area contributed by atoms with Crippen LogP contribution in [0.4, 0.5) is 4.39 Å². The van der Waals surface area contributed by atoms with Gasteiger partial charge >= 0.3 is 0 Å². The van der Waals surface area contributed by atoms with Crippen LogP contribution in [0.15, 0.2) is 31.8 Å². The molecule has 4 N–H and O–H groups in total. The predicted octanol–water partition coefficient (Wildman–Crippen LogP) is 5.40. The first-order valence-corrected chi connectivity index (χ1v) is 12.1. The van der Waals surface area contributed by atoms with E-state index in [9.17, 15) is 9.50 Å². The summed E-state index contributed by atoms with van der Waals surface area (Å²) in [5, 5.41) is 14.3. The van der Waals surface area contributed by atoms with Crippen LogP contribution >= 0.6 is 43.2 Å². The van der Waals surface area contributed by atoms with E-state index in [4.69, 9.17) is 5.73 Å². The average Bonchev–Trinajstić information content (AvgIpc) is 2.98. The van der Waals surface area contributed by atoms with Crippen LogP contribution in [0.25, 0.3) is 0 Å². The second-order valence-electron chi connectivity index (χ2n) is 7.83. The molecule has 0 spiro atoms. The molecule has 0 bridgehead atoms. The normalized spacial score (nSPS) is 18.8. The van der Waals surface area contributed by atoms with Crippen LogP contribution in [0.1, 0.15) is 48.8 Å². The van der Waals surface area contributed by atoms with Crippen LogP contribution in [0.2, 0.25) is 0 Å². The Balaban J connectivity index is 1.68. The fourth-order valence-electron chi connectivity index (χ4n) is 4.15. The topological polar surface area (TPSA) is 58.3 Å². The van der Waals surface area contributed by atoms with Crippen molar-refractivity contribution in [3.8, 4) is 0 Å². The minimum Gasteiger partial charge on any atom is -0.390 e. The van der Waals surface area contributed by atoms with Crippen molar-refractivity contribution in [2.75, 3.05) is 6.54 Å². The molecule has 2 aromatic rings. The van der Waals surface area contributed by atoms with E-state index in [-0.39, 0.29) is 11.4 Å². The van der Waals surface area contributed by atoms with Crippen LogP contribution in [-0.2, 0) is 12.0 Å². The maximum Gasteiger partial charge on any atom is 0.123 e. The number of halogens is 3. The molecule has 28 heavy (non-hydrogen) atoms. The fourth-order valence-corrected chi connectivity index (χ4v) is 7.25. The molecule has 2 atom stereocenters. The van der Waals surface area contributed by atoms with Gasteiger partial charge < -0.3 is 16.2 Å². The molecule has 0 aliphatic heterocycles. The van der Waals surface area contributed by atoms with E-state index in [0.717, 1.165) is 44.4 Å². The van der Waals surface area contributed by atoms with Crippen LogP contribution in [-0.4, -0.2) is 23.8 Å². The zero-order valence-corrected chi connectivity index (χ0v) is 20.0. The summed E-state index contributed by atoms with van der Waals surface area (Å²) in [6.45, 7) is 2.27. The second-order valence-corrected chi connectivity index (χ2v) is 11.6. The number of aliphatic hydroxyl groups excluding tert-OH is 1. The molecule has 3 nitrogen and oxygen atoms in total. The number of nitrogens with one attached hydrogen (secondary N) is 1. The highest BCUT2D eigenvalue weighted by Gasteiger charge is 2.36. The van der Waals surface area contributed by atoms with Gasteiger partial charge in [0.05, 0.1) is 13.7 Å². The third kappa shape index (κ3) is 5.43. The lowest BCUT2D eigenvalue weighted by Crippen LogP contribution is -2.51.